The van der Waals surface area contributed by atoms with Gasteiger partial charge < -0.3 is 14.7 Å². The number of halogens is 3. The molecule has 0 spiro atoms. The molecule has 0 aliphatic carbocycles. The number of nitrogens with one attached hydrogen (secondary N) is 1. The van der Waals surface area contributed by atoms with Gasteiger partial charge in [0.2, 0.25) is 0 Å². The lowest BCUT2D eigenvalue weighted by Crippen LogP contribution is -2.29. The third-order valence-electron chi connectivity index (χ3n) is 4.32. The van der Waals surface area contributed by atoms with E-state index in [1.165, 1.54) is 29.7 Å². The van der Waals surface area contributed by atoms with Crippen LogP contribution >= 0.6 is 11.3 Å². The number of alkyl halides is 3. The van der Waals surface area contributed by atoms with Gasteiger partial charge in [-0.1, -0.05) is 12.1 Å². The molecule has 3 aromatic rings. The Morgan fingerprint density at radius 3 is 2.56 bits per heavy atom. The number of ether oxygens (including phenoxy) is 1. The van der Waals surface area contributed by atoms with Crippen molar-refractivity contribution in [3.8, 4) is 11.8 Å². The van der Waals surface area contributed by atoms with Gasteiger partial charge in [-0.15, -0.1) is 11.3 Å². The fourth-order valence-corrected chi connectivity index (χ4v) is 4.67. The average molecular weight is 512 g/mol. The van der Waals surface area contributed by atoms with E-state index in [4.69, 9.17) is 14.6 Å². The molecule has 2 heterocycles. The summed E-state index contributed by atoms with van der Waals surface area (Å²) in [5, 5.41) is 18.5. The number of hydrogen-bond acceptors (Lipinski definition) is 8. The van der Waals surface area contributed by atoms with Crippen molar-refractivity contribution < 1.29 is 36.2 Å². The van der Waals surface area contributed by atoms with Crippen molar-refractivity contribution in [2.75, 3.05) is 22.8 Å². The maximum absolute atomic E-state index is 12.6. The van der Waals surface area contributed by atoms with Gasteiger partial charge in [-0.25, -0.2) is 18.2 Å². The SMILES string of the molecule is N#Cc1ccccc1N1CCOc2cc(S(=O)(=O)Nc3nccs3)ccc21.O=C(O)C(F)(F)F. The van der Waals surface area contributed by atoms with Gasteiger partial charge >= 0.3 is 12.1 Å². The van der Waals surface area contributed by atoms with Crippen LogP contribution in [0.3, 0.4) is 0 Å². The minimum absolute atomic E-state index is 0.0897. The van der Waals surface area contributed by atoms with Gasteiger partial charge in [0.05, 0.1) is 28.4 Å². The number of sulfonamides is 1. The van der Waals surface area contributed by atoms with Gasteiger partial charge in [0.25, 0.3) is 10.0 Å². The predicted octanol–water partition coefficient (Wildman–Crippen LogP) is 3.98. The van der Waals surface area contributed by atoms with Crippen LogP contribution in [-0.2, 0) is 14.8 Å². The highest BCUT2D eigenvalue weighted by molar-refractivity contribution is 7.93. The first-order chi connectivity index (χ1) is 16.0. The number of carbonyl (C=O) groups is 1. The number of carboxylic acid groups (broad SMARTS) is 1. The van der Waals surface area contributed by atoms with Crippen molar-refractivity contribution in [2.45, 2.75) is 11.1 Å². The third kappa shape index (κ3) is 5.74. The van der Waals surface area contributed by atoms with E-state index in [-0.39, 0.29) is 4.90 Å². The first-order valence-corrected chi connectivity index (χ1v) is 11.6. The number of anilines is 3. The molecule has 1 aliphatic heterocycles. The van der Waals surface area contributed by atoms with Crippen molar-refractivity contribution >= 4 is 43.8 Å². The summed E-state index contributed by atoms with van der Waals surface area (Å²) in [6.45, 7) is 0.950. The molecule has 1 aliphatic rings. The zero-order valence-electron chi connectivity index (χ0n) is 17.0. The Balaban J connectivity index is 0.000000406. The summed E-state index contributed by atoms with van der Waals surface area (Å²) < 4.78 is 65.0. The highest BCUT2D eigenvalue weighted by Crippen LogP contribution is 2.39. The maximum atomic E-state index is 12.6. The lowest BCUT2D eigenvalue weighted by atomic mass is 10.1. The first kappa shape index (κ1) is 24.8. The number of para-hydroxylation sites is 1. The van der Waals surface area contributed by atoms with Gasteiger partial charge in [0.15, 0.2) is 5.13 Å². The van der Waals surface area contributed by atoms with E-state index in [0.29, 0.717) is 29.6 Å². The molecular weight excluding hydrogens is 497 g/mol. The second-order valence-electron chi connectivity index (χ2n) is 6.50. The molecule has 178 valence electrons. The summed E-state index contributed by atoms with van der Waals surface area (Å²) in [5.74, 6) is -2.30. The van der Waals surface area contributed by atoms with Crippen molar-refractivity contribution in [1.82, 2.24) is 4.98 Å². The number of fused-ring (bicyclic) bond motifs is 1. The number of rotatable bonds is 4. The van der Waals surface area contributed by atoms with Gasteiger partial charge in [-0.2, -0.15) is 18.4 Å². The van der Waals surface area contributed by atoms with Gasteiger partial charge in [0.1, 0.15) is 18.4 Å². The quantitative estimate of drug-likeness (QED) is 0.537. The van der Waals surface area contributed by atoms with Crippen LogP contribution in [0.25, 0.3) is 0 Å². The predicted molar refractivity (Wildman–Crippen MR) is 117 cm³/mol. The minimum Gasteiger partial charge on any atom is -0.489 e. The van der Waals surface area contributed by atoms with Crippen molar-refractivity contribution in [2.24, 2.45) is 0 Å². The average Bonchev–Trinajstić information content (AvgIpc) is 3.30. The summed E-state index contributed by atoms with van der Waals surface area (Å²) in [6, 6.07) is 14.2. The number of carboxylic acids is 1. The number of thiazole rings is 1. The Kier molecular flexibility index (Phi) is 7.28. The van der Waals surface area contributed by atoms with Crippen molar-refractivity contribution in [3.05, 3.63) is 59.6 Å². The van der Waals surface area contributed by atoms with Crippen LogP contribution in [0.15, 0.2) is 58.9 Å². The molecule has 0 saturated carbocycles. The van der Waals surface area contributed by atoms with Crippen molar-refractivity contribution in [1.29, 1.82) is 5.26 Å². The smallest absolute Gasteiger partial charge is 0.489 e. The Labute approximate surface area is 195 Å². The third-order valence-corrected chi connectivity index (χ3v) is 6.47. The number of aromatic nitrogens is 1. The molecule has 2 aromatic carbocycles. The molecule has 0 amide bonds. The monoisotopic (exact) mass is 512 g/mol. The molecule has 4 rings (SSSR count). The number of nitrogens with zero attached hydrogens (tertiary/aromatic N) is 3. The highest BCUT2D eigenvalue weighted by Gasteiger charge is 2.38. The second kappa shape index (κ2) is 9.98. The number of aliphatic carboxylic acids is 1. The van der Waals surface area contributed by atoms with Gasteiger partial charge in [-0.05, 0) is 24.3 Å². The highest BCUT2D eigenvalue weighted by atomic mass is 32.2. The number of nitriles is 1. The van der Waals surface area contributed by atoms with Crippen molar-refractivity contribution in [3.63, 3.8) is 0 Å². The van der Waals surface area contributed by atoms with Crippen LogP contribution in [0.1, 0.15) is 5.56 Å². The van der Waals surface area contributed by atoms with E-state index in [0.717, 1.165) is 11.4 Å². The Morgan fingerprint density at radius 1 is 1.24 bits per heavy atom. The molecule has 0 bridgehead atoms. The van der Waals surface area contributed by atoms with E-state index in [9.17, 15) is 26.9 Å². The zero-order valence-corrected chi connectivity index (χ0v) is 18.6. The van der Waals surface area contributed by atoms with E-state index in [1.807, 2.05) is 23.1 Å². The van der Waals surface area contributed by atoms with E-state index >= 15 is 0 Å². The fraction of sp³-hybridized carbons (Fsp3) is 0.150. The molecule has 0 fully saturated rings. The van der Waals surface area contributed by atoms with Crippen LogP contribution in [-0.4, -0.2) is 43.8 Å². The molecule has 0 atom stereocenters. The summed E-state index contributed by atoms with van der Waals surface area (Å²) >= 11 is 1.20. The first-order valence-electron chi connectivity index (χ1n) is 9.29. The number of benzene rings is 2. The molecule has 0 saturated heterocycles. The molecule has 9 nitrogen and oxygen atoms in total. The summed E-state index contributed by atoms with van der Waals surface area (Å²) in [6.07, 6.45) is -3.55. The molecular formula is C20H15F3N4O5S2. The molecule has 2 N–H and O–H groups in total. The number of hydrogen-bond donors (Lipinski definition) is 2. The molecule has 34 heavy (non-hydrogen) atoms. The topological polar surface area (TPSA) is 133 Å². The Hall–Kier alpha value is -3.83. The van der Waals surface area contributed by atoms with Gasteiger partial charge in [0, 0.05) is 17.6 Å². The van der Waals surface area contributed by atoms with Crippen LogP contribution in [0.5, 0.6) is 5.75 Å². The summed E-state index contributed by atoms with van der Waals surface area (Å²) in [7, 11) is -3.76. The Morgan fingerprint density at radius 2 is 1.94 bits per heavy atom. The van der Waals surface area contributed by atoms with Crippen LogP contribution in [0.2, 0.25) is 0 Å². The lowest BCUT2D eigenvalue weighted by molar-refractivity contribution is -0.192. The molecule has 0 radical (unpaired) electrons. The summed E-state index contributed by atoms with van der Waals surface area (Å²) in [4.78, 5) is 14.9. The van der Waals surface area contributed by atoms with Gasteiger partial charge in [-0.3, -0.25) is 4.72 Å². The normalized spacial score (nSPS) is 12.9. The molecule has 1 aromatic heterocycles. The van der Waals surface area contributed by atoms with Crippen LogP contribution in [0, 0.1) is 11.3 Å². The van der Waals surface area contributed by atoms with E-state index < -0.39 is 22.2 Å². The fourth-order valence-electron chi connectivity index (χ4n) is 2.87. The molecule has 0 unspecified atom stereocenters. The summed E-state index contributed by atoms with van der Waals surface area (Å²) in [5.41, 5.74) is 2.03. The Bertz CT molecular complexity index is 1320. The van der Waals surface area contributed by atoms with E-state index in [1.54, 1.807) is 17.5 Å². The van der Waals surface area contributed by atoms with Crippen LogP contribution < -0.4 is 14.4 Å². The minimum atomic E-state index is -5.08. The van der Waals surface area contributed by atoms with Crippen LogP contribution in [0.4, 0.5) is 29.7 Å². The lowest BCUT2D eigenvalue weighted by Gasteiger charge is -2.32. The second-order valence-corrected chi connectivity index (χ2v) is 9.08. The largest absolute Gasteiger partial charge is 0.490 e. The standard InChI is InChI=1S/C18H14N4O3S2.C2HF3O2/c19-12-13-3-1-2-4-15(13)22-8-9-25-17-11-14(5-6-16(17)22)27(23,24)21-18-20-7-10-26-18;3-2(4,5)1(6)7/h1-7,10-11H,8-9H2,(H,20,21);(H,6,7). The zero-order chi connectivity index (χ0) is 24.9. The maximum Gasteiger partial charge on any atom is 0.490 e. The molecule has 14 heteroatoms. The van der Waals surface area contributed by atoms with E-state index in [2.05, 4.69) is 15.8 Å².